The summed E-state index contributed by atoms with van der Waals surface area (Å²) >= 11 is 0. The predicted molar refractivity (Wildman–Crippen MR) is 101 cm³/mol. The fraction of sp³-hybridized carbons (Fsp3) is 0.158. The van der Waals surface area contributed by atoms with E-state index in [4.69, 9.17) is 19.9 Å². The summed E-state index contributed by atoms with van der Waals surface area (Å²) in [6, 6.07) is 12.9. The van der Waals surface area contributed by atoms with Crippen LogP contribution < -0.4 is 25.3 Å². The van der Waals surface area contributed by atoms with E-state index in [1.807, 2.05) is 25.1 Å². The molecule has 0 bridgehead atoms. The highest BCUT2D eigenvalue weighted by Gasteiger charge is 2.13. The number of aromatic nitrogens is 2. The van der Waals surface area contributed by atoms with Crippen LogP contribution >= 0.6 is 0 Å². The summed E-state index contributed by atoms with van der Waals surface area (Å²) < 4.78 is 16.3. The maximum absolute atomic E-state index is 6.19. The van der Waals surface area contributed by atoms with Crippen molar-refractivity contribution in [2.45, 2.75) is 6.92 Å². The Balaban J connectivity index is 1.86. The molecule has 0 fully saturated rings. The minimum absolute atomic E-state index is 0.263. The summed E-state index contributed by atoms with van der Waals surface area (Å²) in [7, 11) is 3.22. The van der Waals surface area contributed by atoms with Crippen molar-refractivity contribution in [3.8, 4) is 23.1 Å². The number of nitrogens with two attached hydrogens (primary N) is 1. The van der Waals surface area contributed by atoms with Crippen molar-refractivity contribution in [3.05, 3.63) is 54.4 Å². The van der Waals surface area contributed by atoms with E-state index in [0.29, 0.717) is 23.0 Å². The number of ether oxygens (including phenoxy) is 3. The lowest BCUT2D eigenvalue weighted by atomic mass is 10.2. The molecule has 1 heterocycles. The van der Waals surface area contributed by atoms with Gasteiger partial charge in [0.1, 0.15) is 29.3 Å². The highest BCUT2D eigenvalue weighted by atomic mass is 16.5. The van der Waals surface area contributed by atoms with Gasteiger partial charge in [0.2, 0.25) is 5.88 Å². The van der Waals surface area contributed by atoms with Crippen LogP contribution in [0.5, 0.6) is 23.1 Å². The number of nitrogens with one attached hydrogen (secondary N) is 1. The number of hydrogen-bond acceptors (Lipinski definition) is 7. The molecule has 0 aliphatic rings. The number of nitrogen functional groups attached to an aromatic ring is 1. The fourth-order valence-electron chi connectivity index (χ4n) is 2.36. The van der Waals surface area contributed by atoms with Crippen molar-refractivity contribution in [3.63, 3.8) is 0 Å². The van der Waals surface area contributed by atoms with E-state index in [-0.39, 0.29) is 5.88 Å². The quantitative estimate of drug-likeness (QED) is 0.694. The maximum Gasteiger partial charge on any atom is 0.248 e. The zero-order valence-electron chi connectivity index (χ0n) is 14.8. The number of rotatable bonds is 6. The van der Waals surface area contributed by atoms with Gasteiger partial charge < -0.3 is 25.3 Å². The van der Waals surface area contributed by atoms with E-state index < -0.39 is 0 Å². The van der Waals surface area contributed by atoms with Crippen LogP contribution in [0.25, 0.3) is 0 Å². The number of benzene rings is 2. The van der Waals surface area contributed by atoms with Gasteiger partial charge in [-0.2, -0.15) is 4.98 Å². The first-order valence-electron chi connectivity index (χ1n) is 7.94. The lowest BCUT2D eigenvalue weighted by Gasteiger charge is -2.14. The molecule has 0 saturated heterocycles. The average molecular weight is 352 g/mol. The largest absolute Gasteiger partial charge is 0.497 e. The number of hydrogen-bond donors (Lipinski definition) is 2. The monoisotopic (exact) mass is 352 g/mol. The van der Waals surface area contributed by atoms with Gasteiger partial charge in [-0.25, -0.2) is 4.98 Å². The second-order valence-corrected chi connectivity index (χ2v) is 5.55. The van der Waals surface area contributed by atoms with Crippen LogP contribution in [0.1, 0.15) is 5.56 Å². The van der Waals surface area contributed by atoms with Gasteiger partial charge in [0.05, 0.1) is 19.9 Å². The first kappa shape index (κ1) is 17.3. The average Bonchev–Trinajstić information content (AvgIpc) is 2.66. The molecule has 0 radical (unpaired) electrons. The Morgan fingerprint density at radius 2 is 1.65 bits per heavy atom. The van der Waals surface area contributed by atoms with Crippen LogP contribution in [0.4, 0.5) is 17.2 Å². The van der Waals surface area contributed by atoms with Crippen molar-refractivity contribution >= 4 is 17.2 Å². The topological polar surface area (TPSA) is 91.5 Å². The second-order valence-electron chi connectivity index (χ2n) is 5.55. The third kappa shape index (κ3) is 3.77. The van der Waals surface area contributed by atoms with Gasteiger partial charge in [0, 0.05) is 0 Å². The van der Waals surface area contributed by atoms with Gasteiger partial charge in [-0.05, 0) is 48.9 Å². The van der Waals surface area contributed by atoms with E-state index in [1.54, 1.807) is 38.5 Å². The molecule has 0 aliphatic heterocycles. The molecule has 7 heteroatoms. The van der Waals surface area contributed by atoms with Crippen LogP contribution in [0.15, 0.2) is 48.8 Å². The maximum atomic E-state index is 6.19. The molecule has 0 saturated carbocycles. The van der Waals surface area contributed by atoms with Crippen molar-refractivity contribution in [1.82, 2.24) is 9.97 Å². The molecule has 3 rings (SSSR count). The van der Waals surface area contributed by atoms with Crippen LogP contribution in [0, 0.1) is 6.92 Å². The summed E-state index contributed by atoms with van der Waals surface area (Å²) in [5, 5.41) is 3.18. The summed E-state index contributed by atoms with van der Waals surface area (Å²) in [6.07, 6.45) is 1.39. The Morgan fingerprint density at radius 1 is 0.923 bits per heavy atom. The van der Waals surface area contributed by atoms with Crippen LogP contribution in [-0.4, -0.2) is 24.2 Å². The smallest absolute Gasteiger partial charge is 0.248 e. The molecule has 3 N–H and O–H groups in total. The molecule has 26 heavy (non-hydrogen) atoms. The third-order valence-electron chi connectivity index (χ3n) is 3.73. The number of anilines is 3. The minimum atomic E-state index is 0.263. The molecule has 0 atom stereocenters. The van der Waals surface area contributed by atoms with Crippen LogP contribution in [0.2, 0.25) is 0 Å². The normalized spacial score (nSPS) is 10.3. The lowest BCUT2D eigenvalue weighted by Crippen LogP contribution is -2.04. The fourth-order valence-corrected chi connectivity index (χ4v) is 2.36. The zero-order chi connectivity index (χ0) is 18.5. The highest BCUT2D eigenvalue weighted by Crippen LogP contribution is 2.34. The molecule has 7 nitrogen and oxygen atoms in total. The van der Waals surface area contributed by atoms with Gasteiger partial charge in [-0.15, -0.1) is 0 Å². The summed E-state index contributed by atoms with van der Waals surface area (Å²) in [4.78, 5) is 8.32. The minimum Gasteiger partial charge on any atom is -0.497 e. The molecular weight excluding hydrogens is 332 g/mol. The van der Waals surface area contributed by atoms with E-state index in [1.165, 1.54) is 6.33 Å². The number of aryl methyl sites for hydroxylation is 1. The van der Waals surface area contributed by atoms with Gasteiger partial charge in [-0.3, -0.25) is 0 Å². The van der Waals surface area contributed by atoms with Gasteiger partial charge in [-0.1, -0.05) is 6.07 Å². The van der Waals surface area contributed by atoms with Crippen molar-refractivity contribution in [2.24, 2.45) is 0 Å². The van der Waals surface area contributed by atoms with E-state index in [2.05, 4.69) is 15.3 Å². The Morgan fingerprint density at radius 3 is 2.35 bits per heavy atom. The first-order valence-corrected chi connectivity index (χ1v) is 7.94. The van der Waals surface area contributed by atoms with E-state index in [9.17, 15) is 0 Å². The summed E-state index contributed by atoms with van der Waals surface area (Å²) in [5.74, 6) is 2.72. The van der Waals surface area contributed by atoms with Gasteiger partial charge >= 0.3 is 0 Å². The van der Waals surface area contributed by atoms with Gasteiger partial charge in [0.15, 0.2) is 5.82 Å². The van der Waals surface area contributed by atoms with Crippen LogP contribution in [-0.2, 0) is 0 Å². The second kappa shape index (κ2) is 7.60. The van der Waals surface area contributed by atoms with Crippen LogP contribution in [0.3, 0.4) is 0 Å². The molecule has 0 aliphatic carbocycles. The first-order chi connectivity index (χ1) is 12.6. The molecule has 0 unspecified atom stereocenters. The highest BCUT2D eigenvalue weighted by molar-refractivity contribution is 5.75. The third-order valence-corrected chi connectivity index (χ3v) is 3.73. The van der Waals surface area contributed by atoms with E-state index >= 15 is 0 Å². The molecule has 134 valence electrons. The van der Waals surface area contributed by atoms with E-state index in [0.717, 1.165) is 17.0 Å². The molecular formula is C19H20N4O3. The Labute approximate surface area is 151 Å². The predicted octanol–water partition coefficient (Wildman–Crippen LogP) is 3.92. The van der Waals surface area contributed by atoms with Crippen molar-refractivity contribution < 1.29 is 14.2 Å². The van der Waals surface area contributed by atoms with Gasteiger partial charge in [0.25, 0.3) is 0 Å². The number of methoxy groups -OCH3 is 2. The molecule has 0 spiro atoms. The van der Waals surface area contributed by atoms with Crippen molar-refractivity contribution in [2.75, 3.05) is 25.3 Å². The molecule has 1 aromatic heterocycles. The zero-order valence-corrected chi connectivity index (χ0v) is 14.8. The summed E-state index contributed by atoms with van der Waals surface area (Å²) in [6.45, 7) is 1.99. The Kier molecular flexibility index (Phi) is 5.07. The molecule has 0 amide bonds. The Hall–Kier alpha value is -3.48. The molecule has 2 aromatic carbocycles. The SMILES string of the molecule is COc1ccc(Oc2ncnc(Nc3cc(C)ccc3OC)c2N)cc1. The number of nitrogens with zero attached hydrogens (tertiary/aromatic N) is 2. The molecule has 3 aromatic rings. The summed E-state index contributed by atoms with van der Waals surface area (Å²) in [5.41, 5.74) is 8.32. The van der Waals surface area contributed by atoms with Crippen molar-refractivity contribution in [1.29, 1.82) is 0 Å². The Bertz CT molecular complexity index is 898. The standard InChI is InChI=1S/C19H20N4O3/c1-12-4-9-16(25-3)15(10-12)23-18-17(20)19(22-11-21-18)26-14-7-5-13(24-2)6-8-14/h4-11H,20H2,1-3H3,(H,21,22,23). The lowest BCUT2D eigenvalue weighted by molar-refractivity contribution is 0.412.